The van der Waals surface area contributed by atoms with Crippen LogP contribution in [-0.4, -0.2) is 5.97 Å². The molecule has 2 nitrogen and oxygen atoms in total. The zero-order valence-corrected chi connectivity index (χ0v) is 9.38. The summed E-state index contributed by atoms with van der Waals surface area (Å²) in [5, 5.41) is 10.6. The van der Waals surface area contributed by atoms with Crippen LogP contribution in [0.2, 0.25) is 0 Å². The fraction of sp³-hybridized carbons (Fsp3) is 0.667. The van der Waals surface area contributed by atoms with E-state index in [0.717, 1.165) is 12.8 Å². The zero-order valence-electron chi connectivity index (χ0n) is 7.38. The average molecular weight is 174 g/mol. The Morgan fingerprint density at radius 2 is 2.17 bits per heavy atom. The van der Waals surface area contributed by atoms with Crippen LogP contribution in [0.4, 0.5) is 0 Å². The molecular formula is C9H11NaO2. The first-order valence-corrected chi connectivity index (χ1v) is 4.20. The van der Waals surface area contributed by atoms with Crippen LogP contribution in [0.25, 0.3) is 0 Å². The molecule has 1 fully saturated rings. The van der Waals surface area contributed by atoms with Gasteiger partial charge in [-0.25, -0.2) is 0 Å². The van der Waals surface area contributed by atoms with Crippen molar-refractivity contribution in [2.75, 3.05) is 0 Å². The minimum Gasteiger partial charge on any atom is -0.545 e. The third kappa shape index (κ3) is 1.61. The number of fused-ring (bicyclic) bond motifs is 1. The van der Waals surface area contributed by atoms with Gasteiger partial charge in [-0.2, -0.15) is 0 Å². The smallest absolute Gasteiger partial charge is 0.545 e. The van der Waals surface area contributed by atoms with E-state index in [1.807, 2.05) is 6.08 Å². The summed E-state index contributed by atoms with van der Waals surface area (Å²) < 4.78 is 0. The molecule has 12 heavy (non-hydrogen) atoms. The Labute approximate surface area is 94.3 Å². The van der Waals surface area contributed by atoms with E-state index >= 15 is 0 Å². The van der Waals surface area contributed by atoms with E-state index in [0.29, 0.717) is 17.4 Å². The minimum atomic E-state index is -0.945. The van der Waals surface area contributed by atoms with Gasteiger partial charge in [0, 0.05) is 0 Å². The molecule has 2 aliphatic carbocycles. The van der Waals surface area contributed by atoms with Crippen molar-refractivity contribution in [3.05, 3.63) is 11.6 Å². The van der Waals surface area contributed by atoms with Crippen LogP contribution in [0.3, 0.4) is 0 Å². The van der Waals surface area contributed by atoms with Gasteiger partial charge < -0.3 is 9.90 Å². The number of aliphatic carboxylic acids is 1. The number of allylic oxidation sites excluding steroid dienone is 1. The number of hydrogen-bond acceptors (Lipinski definition) is 2. The monoisotopic (exact) mass is 174 g/mol. The molecule has 60 valence electrons. The maximum absolute atomic E-state index is 10.6. The van der Waals surface area contributed by atoms with Gasteiger partial charge in [0.2, 0.25) is 0 Å². The summed E-state index contributed by atoms with van der Waals surface area (Å²) in [5.41, 5.74) is 0.576. The topological polar surface area (TPSA) is 40.1 Å². The molecule has 2 unspecified atom stereocenters. The first-order chi connectivity index (χ1) is 5.29. The second kappa shape index (κ2) is 3.95. The molecule has 0 saturated heterocycles. The SMILES string of the molecule is O=C([O-])C1=CCCC2CCC12.[Na+]. The predicted octanol–water partition coefficient (Wildman–Crippen LogP) is -2.51. The van der Waals surface area contributed by atoms with Crippen LogP contribution < -0.4 is 34.7 Å². The summed E-state index contributed by atoms with van der Waals surface area (Å²) in [7, 11) is 0. The molecular weight excluding hydrogens is 163 g/mol. The van der Waals surface area contributed by atoms with Crippen LogP contribution >= 0.6 is 0 Å². The average Bonchev–Trinajstić information content (AvgIpc) is 1.90. The molecule has 0 aromatic rings. The van der Waals surface area contributed by atoms with E-state index in [-0.39, 0.29) is 29.6 Å². The first kappa shape index (κ1) is 10.3. The van der Waals surface area contributed by atoms with Gasteiger partial charge in [0.25, 0.3) is 0 Å². The van der Waals surface area contributed by atoms with Crippen LogP contribution in [0.1, 0.15) is 25.7 Å². The van der Waals surface area contributed by atoms with Gasteiger partial charge >= 0.3 is 29.6 Å². The Bertz CT molecular complexity index is 223. The Morgan fingerprint density at radius 3 is 2.58 bits per heavy atom. The van der Waals surface area contributed by atoms with Crippen LogP contribution in [0, 0.1) is 11.8 Å². The van der Waals surface area contributed by atoms with Gasteiger partial charge in [0.05, 0.1) is 5.97 Å². The second-order valence-corrected chi connectivity index (χ2v) is 3.47. The molecule has 0 aromatic heterocycles. The van der Waals surface area contributed by atoms with Crippen LogP contribution in [0.15, 0.2) is 11.6 Å². The number of hydrogen-bond donors (Lipinski definition) is 0. The van der Waals surface area contributed by atoms with E-state index < -0.39 is 5.97 Å². The van der Waals surface area contributed by atoms with Gasteiger partial charge in [0.1, 0.15) is 0 Å². The first-order valence-electron chi connectivity index (χ1n) is 4.20. The molecule has 2 atom stereocenters. The maximum atomic E-state index is 10.6. The molecule has 2 rings (SSSR count). The fourth-order valence-electron chi connectivity index (χ4n) is 2.16. The predicted molar refractivity (Wildman–Crippen MR) is 38.5 cm³/mol. The molecule has 0 heterocycles. The summed E-state index contributed by atoms with van der Waals surface area (Å²) in [6.07, 6.45) is 6.24. The van der Waals surface area contributed by atoms with E-state index in [4.69, 9.17) is 0 Å². The van der Waals surface area contributed by atoms with E-state index in [1.165, 1.54) is 12.8 Å². The van der Waals surface area contributed by atoms with Crippen molar-refractivity contribution in [1.29, 1.82) is 0 Å². The summed E-state index contributed by atoms with van der Waals surface area (Å²) in [6.45, 7) is 0. The van der Waals surface area contributed by atoms with Crippen molar-refractivity contribution in [3.63, 3.8) is 0 Å². The molecule has 0 spiro atoms. The van der Waals surface area contributed by atoms with Crippen molar-refractivity contribution in [2.45, 2.75) is 25.7 Å². The van der Waals surface area contributed by atoms with Gasteiger partial charge in [-0.3, -0.25) is 0 Å². The Hall–Kier alpha value is 0.210. The van der Waals surface area contributed by atoms with Gasteiger partial charge in [-0.1, -0.05) is 6.08 Å². The summed E-state index contributed by atoms with van der Waals surface area (Å²) in [5.74, 6) is 0.0565. The van der Waals surface area contributed by atoms with Crippen molar-refractivity contribution in [3.8, 4) is 0 Å². The molecule has 0 radical (unpaired) electrons. The van der Waals surface area contributed by atoms with Crippen molar-refractivity contribution < 1.29 is 39.5 Å². The second-order valence-electron chi connectivity index (χ2n) is 3.47. The van der Waals surface area contributed by atoms with Gasteiger partial charge in [-0.15, -0.1) is 0 Å². The van der Waals surface area contributed by atoms with Gasteiger partial charge in [-0.05, 0) is 43.1 Å². The Balaban J connectivity index is 0.000000720. The maximum Gasteiger partial charge on any atom is 1.00 e. The van der Waals surface area contributed by atoms with Crippen molar-refractivity contribution in [1.82, 2.24) is 0 Å². The number of rotatable bonds is 1. The standard InChI is InChI=1S/C9H12O2.Na/c10-9(11)8-3-1-2-6-4-5-7(6)8;/h3,6-7H,1-2,4-5H2,(H,10,11);/q;+1/p-1. The van der Waals surface area contributed by atoms with Crippen molar-refractivity contribution >= 4 is 5.97 Å². The number of carbonyl (C=O) groups is 1. The van der Waals surface area contributed by atoms with Crippen LogP contribution in [-0.2, 0) is 4.79 Å². The van der Waals surface area contributed by atoms with E-state index in [9.17, 15) is 9.90 Å². The molecule has 0 bridgehead atoms. The molecule has 0 amide bonds. The minimum absolute atomic E-state index is 0. The largest absolute Gasteiger partial charge is 1.00 e. The Morgan fingerprint density at radius 1 is 1.42 bits per heavy atom. The number of carboxylic acid groups (broad SMARTS) is 1. The summed E-state index contributed by atoms with van der Waals surface area (Å²) >= 11 is 0. The van der Waals surface area contributed by atoms with E-state index in [2.05, 4.69) is 0 Å². The van der Waals surface area contributed by atoms with Crippen LogP contribution in [0.5, 0.6) is 0 Å². The molecule has 3 heteroatoms. The summed E-state index contributed by atoms with van der Waals surface area (Å²) in [6, 6.07) is 0. The van der Waals surface area contributed by atoms with Crippen molar-refractivity contribution in [2.24, 2.45) is 11.8 Å². The molecule has 0 aromatic carbocycles. The third-order valence-corrected chi connectivity index (χ3v) is 2.95. The molecule has 0 aliphatic heterocycles. The fourth-order valence-corrected chi connectivity index (χ4v) is 2.16. The Kier molecular flexibility index (Phi) is 3.38. The normalized spacial score (nSPS) is 32.2. The van der Waals surface area contributed by atoms with E-state index in [1.54, 1.807) is 0 Å². The zero-order chi connectivity index (χ0) is 7.84. The molecule has 2 aliphatic rings. The third-order valence-electron chi connectivity index (χ3n) is 2.95. The van der Waals surface area contributed by atoms with Gasteiger partial charge in [0.15, 0.2) is 0 Å². The number of carbonyl (C=O) groups excluding carboxylic acids is 1. The summed E-state index contributed by atoms with van der Waals surface area (Å²) in [4.78, 5) is 10.6. The number of carboxylic acids is 1. The molecule has 0 N–H and O–H groups in total. The quantitative estimate of drug-likeness (QED) is 0.412. The molecule has 1 saturated carbocycles.